The van der Waals surface area contributed by atoms with Gasteiger partial charge in [-0.15, -0.1) is 0 Å². The van der Waals surface area contributed by atoms with E-state index >= 15 is 0 Å². The summed E-state index contributed by atoms with van der Waals surface area (Å²) in [6, 6.07) is 0.658. The first kappa shape index (κ1) is 17.2. The number of nitrogens with one attached hydrogen (secondary N) is 1. The Balaban J connectivity index is 1.93. The van der Waals surface area contributed by atoms with Gasteiger partial charge in [-0.2, -0.15) is 0 Å². The third-order valence-electron chi connectivity index (χ3n) is 6.36. The molecule has 0 aromatic rings. The first-order valence-electron chi connectivity index (χ1n) is 8.84. The lowest BCUT2D eigenvalue weighted by Gasteiger charge is -2.51. The second kappa shape index (κ2) is 6.55. The lowest BCUT2D eigenvalue weighted by atomic mass is 9.67. The fourth-order valence-electron chi connectivity index (χ4n) is 4.90. The zero-order valence-corrected chi connectivity index (χ0v) is 15.2. The fourth-order valence-corrected chi connectivity index (χ4v) is 4.90. The largest absolute Gasteiger partial charge is 0.316 e. The molecule has 0 bridgehead atoms. The van der Waals surface area contributed by atoms with Crippen molar-refractivity contribution in [3.8, 4) is 0 Å². The highest BCUT2D eigenvalue weighted by Gasteiger charge is 2.42. The van der Waals surface area contributed by atoms with Crippen LogP contribution in [0.3, 0.4) is 0 Å². The maximum Gasteiger partial charge on any atom is 0.0330 e. The number of hydrogen-bond donors (Lipinski definition) is 1. The van der Waals surface area contributed by atoms with Crippen LogP contribution in [0.5, 0.6) is 0 Å². The molecule has 0 aliphatic heterocycles. The summed E-state index contributed by atoms with van der Waals surface area (Å²) in [6.07, 6.45) is 8.28. The summed E-state index contributed by atoms with van der Waals surface area (Å²) >= 11 is 0. The van der Waals surface area contributed by atoms with Gasteiger partial charge in [-0.3, -0.25) is 0 Å². The normalized spacial score (nSPS) is 31.4. The highest BCUT2D eigenvalue weighted by Crippen LogP contribution is 2.40. The molecule has 2 aliphatic carbocycles. The molecular formula is C18H37N3. The van der Waals surface area contributed by atoms with E-state index in [1.807, 2.05) is 0 Å². The molecule has 0 aromatic carbocycles. The molecule has 2 unspecified atom stereocenters. The maximum absolute atomic E-state index is 3.63. The van der Waals surface area contributed by atoms with Crippen LogP contribution in [-0.4, -0.2) is 62.7 Å². The third-order valence-corrected chi connectivity index (χ3v) is 6.36. The van der Waals surface area contributed by atoms with Crippen LogP contribution >= 0.6 is 0 Å². The van der Waals surface area contributed by atoms with Crippen molar-refractivity contribution in [3.05, 3.63) is 0 Å². The Morgan fingerprint density at radius 2 is 1.71 bits per heavy atom. The van der Waals surface area contributed by atoms with Gasteiger partial charge in [0.25, 0.3) is 0 Å². The highest BCUT2D eigenvalue weighted by atomic mass is 15.2. The molecule has 2 rings (SSSR count). The van der Waals surface area contributed by atoms with E-state index in [9.17, 15) is 0 Å². The molecule has 2 saturated carbocycles. The monoisotopic (exact) mass is 295 g/mol. The molecular weight excluding hydrogens is 258 g/mol. The van der Waals surface area contributed by atoms with E-state index in [-0.39, 0.29) is 0 Å². The third kappa shape index (κ3) is 3.62. The van der Waals surface area contributed by atoms with Crippen LogP contribution in [0, 0.1) is 11.3 Å². The summed E-state index contributed by atoms with van der Waals surface area (Å²) < 4.78 is 0. The van der Waals surface area contributed by atoms with Gasteiger partial charge in [0.05, 0.1) is 0 Å². The molecule has 2 atom stereocenters. The zero-order chi connectivity index (χ0) is 15.7. The van der Waals surface area contributed by atoms with Gasteiger partial charge in [0.15, 0.2) is 0 Å². The molecule has 2 aliphatic rings. The summed E-state index contributed by atoms with van der Waals surface area (Å²) in [5.41, 5.74) is 0.891. The molecule has 3 nitrogen and oxygen atoms in total. The Kier molecular flexibility index (Phi) is 5.38. The predicted octanol–water partition coefficient (Wildman–Crippen LogP) is 2.82. The van der Waals surface area contributed by atoms with Crippen LogP contribution in [-0.2, 0) is 0 Å². The van der Waals surface area contributed by atoms with E-state index in [0.717, 1.165) is 5.92 Å². The molecule has 0 radical (unpaired) electrons. The molecule has 3 heteroatoms. The zero-order valence-electron chi connectivity index (χ0n) is 15.2. The van der Waals surface area contributed by atoms with E-state index in [1.54, 1.807) is 0 Å². The molecule has 0 amide bonds. The predicted molar refractivity (Wildman–Crippen MR) is 91.7 cm³/mol. The van der Waals surface area contributed by atoms with Gasteiger partial charge in [-0.1, -0.05) is 20.3 Å². The summed E-state index contributed by atoms with van der Waals surface area (Å²) in [5.74, 6) is 0.794. The molecule has 2 fully saturated rings. The number of nitrogens with zero attached hydrogens (tertiary/aromatic N) is 2. The van der Waals surface area contributed by atoms with E-state index < -0.39 is 0 Å². The van der Waals surface area contributed by atoms with Crippen molar-refractivity contribution in [1.82, 2.24) is 15.1 Å². The van der Waals surface area contributed by atoms with Crippen molar-refractivity contribution >= 4 is 0 Å². The van der Waals surface area contributed by atoms with Gasteiger partial charge in [0.2, 0.25) is 0 Å². The quantitative estimate of drug-likeness (QED) is 0.813. The van der Waals surface area contributed by atoms with Crippen molar-refractivity contribution < 1.29 is 0 Å². The van der Waals surface area contributed by atoms with Crippen molar-refractivity contribution in [3.63, 3.8) is 0 Å². The smallest absolute Gasteiger partial charge is 0.0330 e. The molecule has 0 aromatic heterocycles. The Hall–Kier alpha value is -0.120. The number of rotatable bonds is 6. The second-order valence-corrected chi connectivity index (χ2v) is 8.58. The fraction of sp³-hybridized carbons (Fsp3) is 1.00. The van der Waals surface area contributed by atoms with Gasteiger partial charge in [-0.05, 0) is 71.6 Å². The number of likely N-dealkylation sites (N-methyl/N-ethyl adjacent to an activating group) is 2. The first-order chi connectivity index (χ1) is 9.81. The van der Waals surface area contributed by atoms with Gasteiger partial charge in [-0.25, -0.2) is 0 Å². The van der Waals surface area contributed by atoms with Crippen molar-refractivity contribution in [2.24, 2.45) is 11.3 Å². The molecule has 21 heavy (non-hydrogen) atoms. The standard InChI is InChI=1S/C18H37N3/c1-17(2)10-7-9-15(16(17)19-3)13-21(6)14-18(20(4)5)11-8-12-18/h15-16,19H,7-14H2,1-6H3. The van der Waals surface area contributed by atoms with Crippen molar-refractivity contribution in [1.29, 1.82) is 0 Å². The van der Waals surface area contributed by atoms with Crippen LogP contribution in [0.1, 0.15) is 52.4 Å². The van der Waals surface area contributed by atoms with Crippen LogP contribution in [0.2, 0.25) is 0 Å². The van der Waals surface area contributed by atoms with E-state index in [2.05, 4.69) is 57.2 Å². The van der Waals surface area contributed by atoms with Gasteiger partial charge < -0.3 is 15.1 Å². The average Bonchev–Trinajstić information content (AvgIpc) is 2.32. The molecule has 0 saturated heterocycles. The molecule has 0 heterocycles. The lowest BCUT2D eigenvalue weighted by molar-refractivity contribution is 0.0138. The summed E-state index contributed by atoms with van der Waals surface area (Å²) in [6.45, 7) is 7.35. The van der Waals surface area contributed by atoms with E-state index in [0.29, 0.717) is 17.0 Å². The van der Waals surface area contributed by atoms with Gasteiger partial charge in [0, 0.05) is 24.7 Å². The number of hydrogen-bond acceptors (Lipinski definition) is 3. The second-order valence-electron chi connectivity index (χ2n) is 8.58. The summed E-state index contributed by atoms with van der Waals surface area (Å²) in [5, 5.41) is 3.63. The van der Waals surface area contributed by atoms with Crippen molar-refractivity contribution in [2.75, 3.05) is 41.3 Å². The van der Waals surface area contributed by atoms with Crippen LogP contribution in [0.25, 0.3) is 0 Å². The van der Waals surface area contributed by atoms with E-state index in [4.69, 9.17) is 0 Å². The Morgan fingerprint density at radius 1 is 1.05 bits per heavy atom. The average molecular weight is 296 g/mol. The Labute approximate surface area is 132 Å². The summed E-state index contributed by atoms with van der Waals surface area (Å²) in [7, 11) is 9.00. The summed E-state index contributed by atoms with van der Waals surface area (Å²) in [4.78, 5) is 5.07. The van der Waals surface area contributed by atoms with Crippen LogP contribution in [0.15, 0.2) is 0 Å². The van der Waals surface area contributed by atoms with Gasteiger partial charge >= 0.3 is 0 Å². The van der Waals surface area contributed by atoms with Crippen LogP contribution in [0.4, 0.5) is 0 Å². The minimum Gasteiger partial charge on any atom is -0.316 e. The molecule has 1 N–H and O–H groups in total. The Morgan fingerprint density at radius 3 is 2.19 bits per heavy atom. The minimum atomic E-state index is 0.439. The maximum atomic E-state index is 3.63. The lowest BCUT2D eigenvalue weighted by Crippen LogP contribution is -2.58. The first-order valence-corrected chi connectivity index (χ1v) is 8.84. The van der Waals surface area contributed by atoms with Crippen LogP contribution < -0.4 is 5.32 Å². The van der Waals surface area contributed by atoms with E-state index in [1.165, 1.54) is 51.6 Å². The molecule has 124 valence electrons. The minimum absolute atomic E-state index is 0.439. The topological polar surface area (TPSA) is 18.5 Å². The Bertz CT molecular complexity index is 333. The molecule has 0 spiro atoms. The van der Waals surface area contributed by atoms with Gasteiger partial charge in [0.1, 0.15) is 0 Å². The van der Waals surface area contributed by atoms with Crippen molar-refractivity contribution in [2.45, 2.75) is 64.0 Å². The SMILES string of the molecule is CNC1C(CN(C)CC2(N(C)C)CCC2)CCCC1(C)C. The highest BCUT2D eigenvalue weighted by molar-refractivity contribution is 4.99.